The van der Waals surface area contributed by atoms with Gasteiger partial charge in [0.25, 0.3) is 0 Å². The molecule has 0 radical (unpaired) electrons. The highest BCUT2D eigenvalue weighted by Gasteiger charge is 2.43. The van der Waals surface area contributed by atoms with Gasteiger partial charge in [-0.05, 0) is 95.7 Å². The number of urea groups is 1. The van der Waals surface area contributed by atoms with Gasteiger partial charge in [-0.25, -0.2) is 4.79 Å². The fourth-order valence-electron chi connectivity index (χ4n) is 5.39. The van der Waals surface area contributed by atoms with Crippen LogP contribution in [0.2, 0.25) is 0 Å². The molecule has 33 heavy (non-hydrogen) atoms. The Bertz CT molecular complexity index is 1010. The minimum Gasteiger partial charge on any atom is -0.491 e. The molecule has 2 N–H and O–H groups in total. The van der Waals surface area contributed by atoms with E-state index in [1.807, 2.05) is 52.9 Å². The highest BCUT2D eigenvalue weighted by Crippen LogP contribution is 2.42. The molecule has 5 rings (SSSR count). The summed E-state index contributed by atoms with van der Waals surface area (Å²) in [6.07, 6.45) is 6.28. The minimum absolute atomic E-state index is 0.0880. The SMILES string of the molecule is C=C[C@H]1CN2CC[C@H]1C[C@H]2[C@H](NC(=O)NC(C)(C)C)c1ccnc2ccc(OC(C)C)cc12. The number of nitrogens with one attached hydrogen (secondary N) is 2. The maximum atomic E-state index is 13.1. The van der Waals surface area contributed by atoms with E-state index in [9.17, 15) is 4.79 Å². The molecule has 0 spiro atoms. The highest BCUT2D eigenvalue weighted by molar-refractivity contribution is 5.85. The lowest BCUT2D eigenvalue weighted by atomic mass is 9.73. The van der Waals surface area contributed by atoms with Gasteiger partial charge in [-0.15, -0.1) is 6.58 Å². The molecule has 6 heteroatoms. The van der Waals surface area contributed by atoms with Crippen LogP contribution in [-0.2, 0) is 0 Å². The molecule has 2 aromatic rings. The summed E-state index contributed by atoms with van der Waals surface area (Å²) in [6.45, 7) is 16.2. The molecule has 0 saturated carbocycles. The number of amides is 2. The van der Waals surface area contributed by atoms with Crippen molar-refractivity contribution in [2.24, 2.45) is 11.8 Å². The number of nitrogens with zero attached hydrogens (tertiary/aromatic N) is 2. The van der Waals surface area contributed by atoms with E-state index in [0.29, 0.717) is 11.8 Å². The first kappa shape index (κ1) is 23.6. The first-order valence-electron chi connectivity index (χ1n) is 12.1. The fraction of sp³-hybridized carbons (Fsp3) is 0.556. The third-order valence-corrected chi connectivity index (χ3v) is 6.77. The molecule has 0 aliphatic carbocycles. The maximum Gasteiger partial charge on any atom is 0.315 e. The molecule has 1 aromatic heterocycles. The van der Waals surface area contributed by atoms with Gasteiger partial charge < -0.3 is 15.4 Å². The van der Waals surface area contributed by atoms with Crippen molar-refractivity contribution in [3.05, 3.63) is 48.7 Å². The van der Waals surface area contributed by atoms with Crippen LogP contribution in [0.15, 0.2) is 43.1 Å². The molecular weight excluding hydrogens is 412 g/mol. The number of hydrogen-bond acceptors (Lipinski definition) is 4. The number of hydrogen-bond donors (Lipinski definition) is 2. The van der Waals surface area contributed by atoms with Crippen molar-refractivity contribution in [2.75, 3.05) is 13.1 Å². The van der Waals surface area contributed by atoms with Gasteiger partial charge in [0.05, 0.1) is 17.7 Å². The van der Waals surface area contributed by atoms with Crippen LogP contribution in [0.25, 0.3) is 10.9 Å². The predicted molar refractivity (Wildman–Crippen MR) is 133 cm³/mol. The quantitative estimate of drug-likeness (QED) is 0.604. The van der Waals surface area contributed by atoms with Gasteiger partial charge in [0, 0.05) is 29.7 Å². The summed E-state index contributed by atoms with van der Waals surface area (Å²) in [6, 6.07) is 8.02. The Hall–Kier alpha value is -2.60. The number of carbonyl (C=O) groups is 1. The monoisotopic (exact) mass is 450 g/mol. The Labute approximate surface area is 197 Å². The van der Waals surface area contributed by atoms with Crippen LogP contribution in [0.1, 0.15) is 59.1 Å². The molecule has 2 amide bonds. The first-order valence-corrected chi connectivity index (χ1v) is 12.1. The van der Waals surface area contributed by atoms with Crippen LogP contribution >= 0.6 is 0 Å². The van der Waals surface area contributed by atoms with Crippen molar-refractivity contribution in [3.8, 4) is 5.75 Å². The molecule has 3 fully saturated rings. The Morgan fingerprint density at radius 2 is 2.09 bits per heavy atom. The predicted octanol–water partition coefficient (Wildman–Crippen LogP) is 5.06. The van der Waals surface area contributed by atoms with Crippen LogP contribution in [-0.4, -0.2) is 46.7 Å². The van der Waals surface area contributed by atoms with Crippen molar-refractivity contribution in [3.63, 3.8) is 0 Å². The van der Waals surface area contributed by atoms with E-state index in [0.717, 1.165) is 41.7 Å². The van der Waals surface area contributed by atoms with Crippen LogP contribution in [0.5, 0.6) is 5.75 Å². The molecule has 3 aliphatic heterocycles. The fourth-order valence-corrected chi connectivity index (χ4v) is 5.39. The van der Waals surface area contributed by atoms with Gasteiger partial charge in [0.1, 0.15) is 5.75 Å². The Morgan fingerprint density at radius 3 is 2.73 bits per heavy atom. The maximum absolute atomic E-state index is 13.1. The van der Waals surface area contributed by atoms with Crippen molar-refractivity contribution >= 4 is 16.9 Å². The summed E-state index contributed by atoms with van der Waals surface area (Å²) < 4.78 is 5.98. The van der Waals surface area contributed by atoms with E-state index >= 15 is 0 Å². The summed E-state index contributed by atoms with van der Waals surface area (Å²) in [5.41, 5.74) is 1.69. The van der Waals surface area contributed by atoms with Gasteiger partial charge in [-0.1, -0.05) is 6.08 Å². The van der Waals surface area contributed by atoms with E-state index in [1.165, 1.54) is 6.42 Å². The third kappa shape index (κ3) is 5.32. The molecule has 3 aliphatic rings. The van der Waals surface area contributed by atoms with Crippen molar-refractivity contribution < 1.29 is 9.53 Å². The molecular formula is C27H38N4O2. The van der Waals surface area contributed by atoms with E-state index in [-0.39, 0.29) is 29.8 Å². The van der Waals surface area contributed by atoms with Gasteiger partial charge in [-0.3, -0.25) is 9.88 Å². The molecule has 1 aromatic carbocycles. The lowest BCUT2D eigenvalue weighted by Crippen LogP contribution is -2.59. The topological polar surface area (TPSA) is 66.5 Å². The van der Waals surface area contributed by atoms with E-state index in [4.69, 9.17) is 4.74 Å². The van der Waals surface area contributed by atoms with E-state index in [2.05, 4.69) is 45.3 Å². The average Bonchev–Trinajstić information content (AvgIpc) is 2.75. The number of aromatic nitrogens is 1. The molecule has 1 unspecified atom stereocenters. The Balaban J connectivity index is 1.74. The third-order valence-electron chi connectivity index (χ3n) is 6.77. The zero-order valence-electron chi connectivity index (χ0n) is 20.6. The molecule has 2 bridgehead atoms. The second-order valence-electron chi connectivity index (χ2n) is 10.8. The summed E-state index contributed by atoms with van der Waals surface area (Å²) in [7, 11) is 0. The lowest BCUT2D eigenvalue weighted by molar-refractivity contribution is 0.00301. The number of benzene rings is 1. The highest BCUT2D eigenvalue weighted by atomic mass is 16.5. The standard InChI is InChI=1S/C27H38N4O2/c1-7-18-16-31-13-11-19(18)14-24(31)25(29-26(32)30-27(4,5)6)21-10-12-28-23-9-8-20(15-22(21)23)33-17(2)3/h7-10,12,15,17-19,24-25H,1,11,13-14,16H2,2-6H3,(H2,29,30,32)/t18-,19-,24-,25+/m0/s1. The Kier molecular flexibility index (Phi) is 6.66. The zero-order valence-corrected chi connectivity index (χ0v) is 20.6. The van der Waals surface area contributed by atoms with Gasteiger partial charge >= 0.3 is 6.03 Å². The van der Waals surface area contributed by atoms with Crippen LogP contribution < -0.4 is 15.4 Å². The summed E-state index contributed by atoms with van der Waals surface area (Å²) in [5, 5.41) is 7.45. The van der Waals surface area contributed by atoms with Crippen molar-refractivity contribution in [2.45, 2.75) is 71.2 Å². The lowest BCUT2D eigenvalue weighted by Gasteiger charge is -2.51. The Morgan fingerprint density at radius 1 is 1.30 bits per heavy atom. The number of pyridine rings is 1. The molecule has 5 atom stereocenters. The normalized spacial score (nSPS) is 25.6. The van der Waals surface area contributed by atoms with Gasteiger partial charge in [-0.2, -0.15) is 0 Å². The van der Waals surface area contributed by atoms with Crippen LogP contribution in [0.4, 0.5) is 4.79 Å². The molecule has 178 valence electrons. The largest absolute Gasteiger partial charge is 0.491 e. The van der Waals surface area contributed by atoms with Crippen molar-refractivity contribution in [1.29, 1.82) is 0 Å². The van der Waals surface area contributed by atoms with Gasteiger partial charge in [0.2, 0.25) is 0 Å². The van der Waals surface area contributed by atoms with E-state index in [1.54, 1.807) is 0 Å². The second kappa shape index (κ2) is 9.34. The minimum atomic E-state index is -0.312. The summed E-state index contributed by atoms with van der Waals surface area (Å²) >= 11 is 0. The van der Waals surface area contributed by atoms with Crippen LogP contribution in [0.3, 0.4) is 0 Å². The summed E-state index contributed by atoms with van der Waals surface area (Å²) in [5.74, 6) is 1.96. The van der Waals surface area contributed by atoms with E-state index < -0.39 is 0 Å². The number of carbonyl (C=O) groups excluding carboxylic acids is 1. The molecule has 3 saturated heterocycles. The molecule has 6 nitrogen and oxygen atoms in total. The summed E-state index contributed by atoms with van der Waals surface area (Å²) in [4.78, 5) is 20.2. The van der Waals surface area contributed by atoms with Crippen molar-refractivity contribution in [1.82, 2.24) is 20.5 Å². The second-order valence-corrected chi connectivity index (χ2v) is 10.8. The zero-order chi connectivity index (χ0) is 23.8. The number of piperidine rings is 3. The van der Waals surface area contributed by atoms with Gasteiger partial charge in [0.15, 0.2) is 0 Å². The smallest absolute Gasteiger partial charge is 0.315 e. The number of fused-ring (bicyclic) bond motifs is 4. The number of ether oxygens (including phenoxy) is 1. The average molecular weight is 451 g/mol. The number of rotatable bonds is 6. The molecule has 4 heterocycles. The first-order chi connectivity index (χ1) is 15.6. The van der Waals surface area contributed by atoms with Crippen LogP contribution in [0, 0.1) is 11.8 Å².